The highest BCUT2D eigenvalue weighted by atomic mass is 35.5. The average molecular weight is 360 g/mol. The molecule has 0 aliphatic rings. The molecule has 0 unspecified atom stereocenters. The molecule has 0 radical (unpaired) electrons. The highest BCUT2D eigenvalue weighted by Gasteiger charge is 2.11. The van der Waals surface area contributed by atoms with Crippen molar-refractivity contribution in [2.45, 2.75) is 13.5 Å². The van der Waals surface area contributed by atoms with Crippen molar-refractivity contribution in [1.82, 2.24) is 4.98 Å². The first-order valence-corrected chi connectivity index (χ1v) is 7.99. The van der Waals surface area contributed by atoms with E-state index in [0.29, 0.717) is 5.56 Å². The van der Waals surface area contributed by atoms with Crippen LogP contribution < -0.4 is 4.74 Å². The number of aromatic nitrogens is 1. The van der Waals surface area contributed by atoms with Crippen LogP contribution in [0.5, 0.6) is 5.75 Å². The number of para-hydroxylation sites is 1. The minimum atomic E-state index is -0.622. The van der Waals surface area contributed by atoms with Gasteiger partial charge in [-0.3, -0.25) is 0 Å². The van der Waals surface area contributed by atoms with Crippen LogP contribution in [-0.2, 0) is 16.1 Å². The Bertz CT molecular complexity index is 930. The highest BCUT2D eigenvalue weighted by Crippen LogP contribution is 2.22. The van der Waals surface area contributed by atoms with Crippen molar-refractivity contribution >= 4 is 28.5 Å². The molecule has 3 rings (SSSR count). The summed E-state index contributed by atoms with van der Waals surface area (Å²) in [5, 5.41) is 1.18. The topological polar surface area (TPSA) is 48.4 Å². The summed E-state index contributed by atoms with van der Waals surface area (Å²) in [4.78, 5) is 16.1. The lowest BCUT2D eigenvalue weighted by atomic mass is 10.1. The van der Waals surface area contributed by atoms with E-state index in [1.54, 1.807) is 6.07 Å². The summed E-state index contributed by atoms with van der Waals surface area (Å²) in [6, 6.07) is 13.5. The number of fused-ring (bicyclic) bond motifs is 1. The number of benzene rings is 2. The van der Waals surface area contributed by atoms with Gasteiger partial charge in [0.2, 0.25) is 0 Å². The third-order valence-corrected chi connectivity index (χ3v) is 3.90. The molecule has 1 heterocycles. The van der Waals surface area contributed by atoms with Crippen LogP contribution in [0.15, 0.2) is 48.5 Å². The number of nitrogens with zero attached hydrogens (tertiary/aromatic N) is 1. The third kappa shape index (κ3) is 4.25. The van der Waals surface area contributed by atoms with Gasteiger partial charge in [-0.05, 0) is 36.8 Å². The average Bonchev–Trinajstić information content (AvgIpc) is 2.59. The standard InChI is InChI=1S/C19H15ClFNO3/c1-12-6-7-13-9-14(19(20)22-16(13)8-12)10-25-18(23)11-24-17-5-3-2-4-15(17)21/h2-9H,10-11H2,1H3. The molecular weight excluding hydrogens is 345 g/mol. The molecule has 25 heavy (non-hydrogen) atoms. The molecule has 0 saturated heterocycles. The van der Waals surface area contributed by atoms with E-state index in [-0.39, 0.29) is 17.5 Å². The Labute approximate surface area is 149 Å². The van der Waals surface area contributed by atoms with Gasteiger partial charge < -0.3 is 9.47 Å². The normalized spacial score (nSPS) is 10.7. The van der Waals surface area contributed by atoms with Crippen LogP contribution in [0.3, 0.4) is 0 Å². The summed E-state index contributed by atoms with van der Waals surface area (Å²) in [6.45, 7) is 1.55. The summed E-state index contributed by atoms with van der Waals surface area (Å²) >= 11 is 6.15. The van der Waals surface area contributed by atoms with E-state index in [2.05, 4.69) is 4.98 Å². The molecule has 3 aromatic rings. The zero-order valence-electron chi connectivity index (χ0n) is 13.5. The summed E-state index contributed by atoms with van der Waals surface area (Å²) < 4.78 is 23.7. The Balaban J connectivity index is 1.62. The molecule has 6 heteroatoms. The number of ether oxygens (including phenoxy) is 2. The van der Waals surface area contributed by atoms with Crippen LogP contribution in [0.25, 0.3) is 10.9 Å². The fourth-order valence-electron chi connectivity index (χ4n) is 2.30. The largest absolute Gasteiger partial charge is 0.479 e. The number of carbonyl (C=O) groups excluding carboxylic acids is 1. The van der Waals surface area contributed by atoms with E-state index in [1.165, 1.54) is 18.2 Å². The smallest absolute Gasteiger partial charge is 0.344 e. The van der Waals surface area contributed by atoms with Crippen molar-refractivity contribution in [3.8, 4) is 5.75 Å². The second-order valence-electron chi connectivity index (χ2n) is 5.51. The van der Waals surface area contributed by atoms with Crippen LogP contribution in [0.2, 0.25) is 5.15 Å². The fraction of sp³-hybridized carbons (Fsp3) is 0.158. The quantitative estimate of drug-likeness (QED) is 0.498. The minimum Gasteiger partial charge on any atom is -0.479 e. The van der Waals surface area contributed by atoms with Gasteiger partial charge in [0.15, 0.2) is 18.2 Å². The first kappa shape index (κ1) is 17.2. The van der Waals surface area contributed by atoms with Gasteiger partial charge in [0.25, 0.3) is 0 Å². The number of carbonyl (C=O) groups is 1. The molecule has 0 bridgehead atoms. The van der Waals surface area contributed by atoms with Crippen LogP contribution in [0.1, 0.15) is 11.1 Å². The SMILES string of the molecule is Cc1ccc2cc(COC(=O)COc3ccccc3F)c(Cl)nc2c1. The third-order valence-electron chi connectivity index (χ3n) is 3.57. The summed E-state index contributed by atoms with van der Waals surface area (Å²) in [7, 11) is 0. The predicted molar refractivity (Wildman–Crippen MR) is 93.2 cm³/mol. The van der Waals surface area contributed by atoms with Gasteiger partial charge in [0.1, 0.15) is 11.8 Å². The number of rotatable bonds is 5. The lowest BCUT2D eigenvalue weighted by molar-refractivity contribution is -0.147. The number of hydrogen-bond acceptors (Lipinski definition) is 4. The second-order valence-corrected chi connectivity index (χ2v) is 5.87. The molecule has 0 aliphatic heterocycles. The molecule has 0 fully saturated rings. The van der Waals surface area contributed by atoms with E-state index >= 15 is 0 Å². The molecule has 0 atom stereocenters. The molecule has 0 aliphatic carbocycles. The Morgan fingerprint density at radius 1 is 1.20 bits per heavy atom. The van der Waals surface area contributed by atoms with E-state index in [4.69, 9.17) is 21.1 Å². The molecule has 0 amide bonds. The van der Waals surface area contributed by atoms with Crippen LogP contribution in [0.4, 0.5) is 4.39 Å². The van der Waals surface area contributed by atoms with Crippen LogP contribution >= 0.6 is 11.6 Å². The van der Waals surface area contributed by atoms with E-state index < -0.39 is 18.4 Å². The monoisotopic (exact) mass is 359 g/mol. The lowest BCUT2D eigenvalue weighted by Gasteiger charge is -2.09. The first-order chi connectivity index (χ1) is 12.0. The Kier molecular flexibility index (Phi) is 5.14. The highest BCUT2D eigenvalue weighted by molar-refractivity contribution is 6.30. The van der Waals surface area contributed by atoms with Gasteiger partial charge in [-0.1, -0.05) is 35.9 Å². The number of pyridine rings is 1. The first-order valence-electron chi connectivity index (χ1n) is 7.61. The van der Waals surface area contributed by atoms with Gasteiger partial charge >= 0.3 is 5.97 Å². The summed E-state index contributed by atoms with van der Waals surface area (Å²) in [6.07, 6.45) is 0. The Morgan fingerprint density at radius 2 is 2.00 bits per heavy atom. The van der Waals surface area contributed by atoms with E-state index in [0.717, 1.165) is 16.5 Å². The molecule has 4 nitrogen and oxygen atoms in total. The maximum atomic E-state index is 13.4. The van der Waals surface area contributed by atoms with Gasteiger partial charge in [-0.25, -0.2) is 14.2 Å². The van der Waals surface area contributed by atoms with E-state index in [1.807, 2.05) is 31.2 Å². The predicted octanol–water partition coefficient (Wildman–Crippen LogP) is 4.46. The number of esters is 1. The summed E-state index contributed by atoms with van der Waals surface area (Å²) in [5.74, 6) is -1.16. The number of hydrogen-bond donors (Lipinski definition) is 0. The second kappa shape index (κ2) is 7.49. The Morgan fingerprint density at radius 3 is 2.80 bits per heavy atom. The van der Waals surface area contributed by atoms with Crippen molar-refractivity contribution in [1.29, 1.82) is 0 Å². The molecule has 0 spiro atoms. The van der Waals surface area contributed by atoms with Crippen LogP contribution in [0, 0.1) is 12.7 Å². The summed E-state index contributed by atoms with van der Waals surface area (Å²) in [5.41, 5.74) is 2.46. The number of aryl methyl sites for hydroxylation is 1. The molecule has 2 aromatic carbocycles. The molecule has 128 valence electrons. The molecule has 0 N–H and O–H groups in total. The Hall–Kier alpha value is -2.66. The maximum Gasteiger partial charge on any atom is 0.344 e. The van der Waals surface area contributed by atoms with Crippen molar-refractivity contribution in [2.75, 3.05) is 6.61 Å². The zero-order chi connectivity index (χ0) is 17.8. The van der Waals surface area contributed by atoms with Crippen molar-refractivity contribution in [3.05, 3.63) is 70.6 Å². The van der Waals surface area contributed by atoms with E-state index in [9.17, 15) is 9.18 Å². The van der Waals surface area contributed by atoms with Gasteiger partial charge in [-0.2, -0.15) is 0 Å². The van der Waals surface area contributed by atoms with Gasteiger partial charge in [0, 0.05) is 10.9 Å². The van der Waals surface area contributed by atoms with Crippen LogP contribution in [-0.4, -0.2) is 17.6 Å². The van der Waals surface area contributed by atoms with Crippen molar-refractivity contribution in [3.63, 3.8) is 0 Å². The fourth-order valence-corrected chi connectivity index (χ4v) is 2.50. The van der Waals surface area contributed by atoms with Gasteiger partial charge in [-0.15, -0.1) is 0 Å². The van der Waals surface area contributed by atoms with Crippen molar-refractivity contribution in [2.24, 2.45) is 0 Å². The zero-order valence-corrected chi connectivity index (χ0v) is 14.2. The molecular formula is C19H15ClFNO3. The number of halogens is 2. The van der Waals surface area contributed by atoms with Crippen molar-refractivity contribution < 1.29 is 18.7 Å². The van der Waals surface area contributed by atoms with Gasteiger partial charge in [0.05, 0.1) is 5.52 Å². The minimum absolute atomic E-state index is 0.000207. The molecule has 0 saturated carbocycles. The molecule has 1 aromatic heterocycles. The lowest BCUT2D eigenvalue weighted by Crippen LogP contribution is -2.15. The maximum absolute atomic E-state index is 13.4.